The van der Waals surface area contributed by atoms with Crippen LogP contribution in [-0.4, -0.2) is 24.6 Å². The highest BCUT2D eigenvalue weighted by atomic mass is 32.1. The van der Waals surface area contributed by atoms with Gasteiger partial charge in [0.1, 0.15) is 0 Å². The maximum absolute atomic E-state index is 12.7. The summed E-state index contributed by atoms with van der Waals surface area (Å²) in [4.78, 5) is 19.9. The molecule has 0 saturated heterocycles. The maximum Gasteiger partial charge on any atom is 0.279 e. The SMILES string of the molecule is CCCn1c(=NC(=O)c2ccc(N(C)C)cc2)sc2c(C)cc(C)cc21. The molecule has 5 heteroatoms. The number of benzene rings is 2. The second-order valence-electron chi connectivity index (χ2n) is 6.82. The number of hydrogen-bond donors (Lipinski definition) is 0. The first-order valence-electron chi connectivity index (χ1n) is 8.87. The van der Waals surface area contributed by atoms with Crippen molar-refractivity contribution in [3.63, 3.8) is 0 Å². The molecule has 1 amide bonds. The molecule has 3 aromatic rings. The van der Waals surface area contributed by atoms with E-state index in [1.807, 2.05) is 43.3 Å². The van der Waals surface area contributed by atoms with Crippen LogP contribution in [-0.2, 0) is 6.54 Å². The zero-order chi connectivity index (χ0) is 18.8. The lowest BCUT2D eigenvalue weighted by Crippen LogP contribution is -2.17. The molecule has 3 rings (SSSR count). The van der Waals surface area contributed by atoms with E-state index in [-0.39, 0.29) is 5.91 Å². The Labute approximate surface area is 158 Å². The minimum atomic E-state index is -0.193. The average molecular weight is 368 g/mol. The normalized spacial score (nSPS) is 12.0. The quantitative estimate of drug-likeness (QED) is 0.679. The molecule has 26 heavy (non-hydrogen) atoms. The van der Waals surface area contributed by atoms with E-state index < -0.39 is 0 Å². The van der Waals surface area contributed by atoms with Crippen molar-refractivity contribution in [1.29, 1.82) is 0 Å². The summed E-state index contributed by atoms with van der Waals surface area (Å²) in [6, 6.07) is 11.9. The molecule has 0 aliphatic rings. The van der Waals surface area contributed by atoms with Crippen LogP contribution in [0, 0.1) is 13.8 Å². The first-order valence-corrected chi connectivity index (χ1v) is 9.69. The number of hydrogen-bond acceptors (Lipinski definition) is 3. The van der Waals surface area contributed by atoms with Crippen molar-refractivity contribution in [1.82, 2.24) is 4.57 Å². The lowest BCUT2D eigenvalue weighted by molar-refractivity contribution is 0.0998. The van der Waals surface area contributed by atoms with Gasteiger partial charge in [-0.1, -0.05) is 24.3 Å². The van der Waals surface area contributed by atoms with Crippen LogP contribution < -0.4 is 9.70 Å². The molecular formula is C21H25N3OS. The summed E-state index contributed by atoms with van der Waals surface area (Å²) in [6.45, 7) is 7.22. The Balaban J connectivity index is 2.09. The van der Waals surface area contributed by atoms with Crippen molar-refractivity contribution in [2.24, 2.45) is 4.99 Å². The highest BCUT2D eigenvalue weighted by molar-refractivity contribution is 7.16. The molecule has 0 unspecified atom stereocenters. The van der Waals surface area contributed by atoms with E-state index in [0.29, 0.717) is 5.56 Å². The minimum absolute atomic E-state index is 0.193. The molecule has 1 aromatic heterocycles. The highest BCUT2D eigenvalue weighted by Crippen LogP contribution is 2.24. The molecule has 1 heterocycles. The van der Waals surface area contributed by atoms with Gasteiger partial charge >= 0.3 is 0 Å². The fraction of sp³-hybridized carbons (Fsp3) is 0.333. The van der Waals surface area contributed by atoms with Gasteiger partial charge in [0.15, 0.2) is 4.80 Å². The Hall–Kier alpha value is -2.40. The fourth-order valence-electron chi connectivity index (χ4n) is 3.09. The van der Waals surface area contributed by atoms with Crippen molar-refractivity contribution in [3.8, 4) is 0 Å². The third-order valence-corrected chi connectivity index (χ3v) is 5.62. The Kier molecular flexibility index (Phi) is 5.28. The summed E-state index contributed by atoms with van der Waals surface area (Å²) in [5.41, 5.74) is 5.32. The van der Waals surface area contributed by atoms with Gasteiger partial charge in [-0.05, 0) is 61.7 Å². The number of carbonyl (C=O) groups excluding carboxylic acids is 1. The van der Waals surface area contributed by atoms with Gasteiger partial charge in [-0.2, -0.15) is 4.99 Å². The van der Waals surface area contributed by atoms with E-state index in [2.05, 4.69) is 42.5 Å². The summed E-state index contributed by atoms with van der Waals surface area (Å²) in [6.07, 6.45) is 0.998. The van der Waals surface area contributed by atoms with E-state index in [0.717, 1.165) is 23.5 Å². The molecule has 0 aliphatic heterocycles. The van der Waals surface area contributed by atoms with Crippen LogP contribution >= 0.6 is 11.3 Å². The van der Waals surface area contributed by atoms with Crippen molar-refractivity contribution < 1.29 is 4.79 Å². The summed E-state index contributed by atoms with van der Waals surface area (Å²) < 4.78 is 3.38. The molecular weight excluding hydrogens is 342 g/mol. The number of aromatic nitrogens is 1. The van der Waals surface area contributed by atoms with Crippen LogP contribution in [0.4, 0.5) is 5.69 Å². The van der Waals surface area contributed by atoms with Crippen molar-refractivity contribution in [2.45, 2.75) is 33.7 Å². The van der Waals surface area contributed by atoms with Crippen molar-refractivity contribution >= 4 is 33.1 Å². The summed E-state index contributed by atoms with van der Waals surface area (Å²) in [7, 11) is 3.97. The van der Waals surface area contributed by atoms with Gasteiger partial charge in [0, 0.05) is 31.9 Å². The number of amides is 1. The van der Waals surface area contributed by atoms with Gasteiger partial charge in [0.2, 0.25) is 0 Å². The number of anilines is 1. The molecule has 4 nitrogen and oxygen atoms in total. The smallest absolute Gasteiger partial charge is 0.279 e. The second kappa shape index (κ2) is 7.46. The van der Waals surface area contributed by atoms with Crippen LogP contribution in [0.25, 0.3) is 10.2 Å². The Morgan fingerprint density at radius 3 is 2.46 bits per heavy atom. The third kappa shape index (κ3) is 3.58. The van der Waals surface area contributed by atoms with Gasteiger partial charge in [-0.15, -0.1) is 0 Å². The van der Waals surface area contributed by atoms with Gasteiger partial charge in [0.25, 0.3) is 5.91 Å². The number of carbonyl (C=O) groups is 1. The van der Waals surface area contributed by atoms with Crippen molar-refractivity contribution in [2.75, 3.05) is 19.0 Å². The molecule has 0 N–H and O–H groups in total. The average Bonchev–Trinajstić information content (AvgIpc) is 2.93. The summed E-state index contributed by atoms with van der Waals surface area (Å²) in [5, 5.41) is 0. The van der Waals surface area contributed by atoms with E-state index in [1.54, 1.807) is 11.3 Å². The van der Waals surface area contributed by atoms with Gasteiger partial charge in [0.05, 0.1) is 10.2 Å². The first kappa shape index (κ1) is 18.4. The molecule has 0 fully saturated rings. The van der Waals surface area contributed by atoms with Crippen LogP contribution in [0.3, 0.4) is 0 Å². The van der Waals surface area contributed by atoms with E-state index in [4.69, 9.17) is 0 Å². The third-order valence-electron chi connectivity index (χ3n) is 4.39. The first-order chi connectivity index (χ1) is 12.4. The molecule has 0 atom stereocenters. The zero-order valence-electron chi connectivity index (χ0n) is 16.0. The predicted molar refractivity (Wildman–Crippen MR) is 110 cm³/mol. The fourth-order valence-corrected chi connectivity index (χ4v) is 4.20. The number of thiazole rings is 1. The lowest BCUT2D eigenvalue weighted by atomic mass is 10.1. The number of fused-ring (bicyclic) bond motifs is 1. The van der Waals surface area contributed by atoms with Crippen LogP contribution in [0.15, 0.2) is 41.4 Å². The summed E-state index contributed by atoms with van der Waals surface area (Å²) >= 11 is 1.60. The van der Waals surface area contributed by atoms with Gasteiger partial charge in [-0.3, -0.25) is 4.79 Å². The number of nitrogens with zero attached hydrogens (tertiary/aromatic N) is 3. The number of rotatable bonds is 4. The molecule has 2 aromatic carbocycles. The van der Waals surface area contributed by atoms with Gasteiger partial charge < -0.3 is 9.47 Å². The predicted octanol–water partition coefficient (Wildman–Crippen LogP) is 4.54. The summed E-state index contributed by atoms with van der Waals surface area (Å²) in [5.74, 6) is -0.193. The van der Waals surface area contributed by atoms with Crippen LogP contribution in [0.5, 0.6) is 0 Å². The van der Waals surface area contributed by atoms with Gasteiger partial charge in [-0.25, -0.2) is 0 Å². The Morgan fingerprint density at radius 2 is 1.85 bits per heavy atom. The Morgan fingerprint density at radius 1 is 1.15 bits per heavy atom. The second-order valence-corrected chi connectivity index (χ2v) is 7.80. The van der Waals surface area contributed by atoms with Crippen LogP contribution in [0.2, 0.25) is 0 Å². The highest BCUT2D eigenvalue weighted by Gasteiger charge is 2.11. The molecule has 0 bridgehead atoms. The van der Waals surface area contributed by atoms with E-state index in [1.165, 1.54) is 21.3 Å². The monoisotopic (exact) mass is 367 g/mol. The van der Waals surface area contributed by atoms with Crippen LogP contribution in [0.1, 0.15) is 34.8 Å². The molecule has 136 valence electrons. The standard InChI is InChI=1S/C21H25N3OS/c1-6-11-24-18-13-14(2)12-15(3)19(18)26-21(24)22-20(25)16-7-9-17(10-8-16)23(4)5/h7-10,12-13H,6,11H2,1-5H3. The molecule has 0 spiro atoms. The van der Waals surface area contributed by atoms with Crippen molar-refractivity contribution in [3.05, 3.63) is 57.9 Å². The lowest BCUT2D eigenvalue weighted by Gasteiger charge is -2.11. The number of aryl methyl sites for hydroxylation is 3. The molecule has 0 saturated carbocycles. The zero-order valence-corrected chi connectivity index (χ0v) is 16.9. The Bertz CT molecular complexity index is 1010. The maximum atomic E-state index is 12.7. The molecule has 0 aliphatic carbocycles. The van der Waals surface area contributed by atoms with E-state index in [9.17, 15) is 4.79 Å². The molecule has 0 radical (unpaired) electrons. The van der Waals surface area contributed by atoms with E-state index >= 15 is 0 Å². The topological polar surface area (TPSA) is 37.6 Å². The minimum Gasteiger partial charge on any atom is -0.378 e. The largest absolute Gasteiger partial charge is 0.378 e.